The van der Waals surface area contributed by atoms with E-state index in [9.17, 15) is 19.2 Å². The summed E-state index contributed by atoms with van der Waals surface area (Å²) < 4.78 is 0. The van der Waals surface area contributed by atoms with Crippen molar-refractivity contribution in [3.05, 3.63) is 0 Å². The molecule has 2 aliphatic heterocycles. The Labute approximate surface area is 186 Å². The number of piperidine rings is 1. The number of Topliss-reactive ketones (excluding diaryl/α,β-unsaturated/α-hetero) is 2. The summed E-state index contributed by atoms with van der Waals surface area (Å²) in [5, 5.41) is 0. The van der Waals surface area contributed by atoms with Crippen LogP contribution in [-0.4, -0.2) is 40.9 Å². The highest BCUT2D eigenvalue weighted by Crippen LogP contribution is 2.65. The highest BCUT2D eigenvalue weighted by Gasteiger charge is 2.69. The van der Waals surface area contributed by atoms with E-state index in [2.05, 4.69) is 13.8 Å². The number of nitrogens with zero attached hydrogens (tertiary/aromatic N) is 1. The topological polar surface area (TPSA) is 97.5 Å². The fourth-order valence-electron chi connectivity index (χ4n) is 6.08. The zero-order chi connectivity index (χ0) is 22.8. The molecule has 1 aliphatic carbocycles. The third-order valence-electron chi connectivity index (χ3n) is 8.24. The second kappa shape index (κ2) is 9.83. The number of carbonyl (C=O) groups excluding carboxylic acids is 4. The van der Waals surface area contributed by atoms with Gasteiger partial charge < -0.3 is 10.6 Å². The number of carbonyl (C=O) groups is 4. The highest BCUT2D eigenvalue weighted by atomic mass is 16.2. The molecule has 2 unspecified atom stereocenters. The summed E-state index contributed by atoms with van der Waals surface area (Å²) in [6.07, 6.45) is 10.1. The van der Waals surface area contributed by atoms with Crippen LogP contribution in [0.1, 0.15) is 91.4 Å². The molecule has 6 heteroatoms. The van der Waals surface area contributed by atoms with Gasteiger partial charge in [-0.05, 0) is 30.1 Å². The van der Waals surface area contributed by atoms with Crippen molar-refractivity contribution in [1.29, 1.82) is 0 Å². The van der Waals surface area contributed by atoms with Crippen LogP contribution in [0.15, 0.2) is 0 Å². The Morgan fingerprint density at radius 2 is 1.48 bits per heavy atom. The van der Waals surface area contributed by atoms with Gasteiger partial charge in [-0.15, -0.1) is 0 Å². The van der Waals surface area contributed by atoms with Gasteiger partial charge in [-0.1, -0.05) is 72.1 Å². The fraction of sp³-hybridized carbons (Fsp3) is 0.840. The number of ketones is 2. The fourth-order valence-corrected chi connectivity index (χ4v) is 6.08. The van der Waals surface area contributed by atoms with Crippen LogP contribution < -0.4 is 5.73 Å². The molecule has 6 nitrogen and oxygen atoms in total. The van der Waals surface area contributed by atoms with E-state index in [-0.39, 0.29) is 35.4 Å². The van der Waals surface area contributed by atoms with Crippen LogP contribution in [-0.2, 0) is 19.2 Å². The van der Waals surface area contributed by atoms with Gasteiger partial charge in [0.2, 0.25) is 11.7 Å². The molecule has 2 saturated heterocycles. The molecular formula is C25H40N2O4. The molecule has 3 fully saturated rings. The third kappa shape index (κ3) is 5.20. The first-order chi connectivity index (χ1) is 14.7. The van der Waals surface area contributed by atoms with Crippen LogP contribution in [0.2, 0.25) is 0 Å². The zero-order valence-corrected chi connectivity index (χ0v) is 19.5. The van der Waals surface area contributed by atoms with E-state index in [4.69, 9.17) is 5.73 Å². The Kier molecular flexibility index (Phi) is 7.59. The van der Waals surface area contributed by atoms with Crippen LogP contribution in [0.3, 0.4) is 0 Å². The molecule has 3 aliphatic rings. The molecule has 31 heavy (non-hydrogen) atoms. The Hall–Kier alpha value is -1.72. The van der Waals surface area contributed by atoms with Crippen LogP contribution in [0.5, 0.6) is 0 Å². The molecule has 3 rings (SSSR count). The quantitative estimate of drug-likeness (QED) is 0.674. The van der Waals surface area contributed by atoms with Gasteiger partial charge >= 0.3 is 0 Å². The van der Waals surface area contributed by atoms with Crippen LogP contribution in [0, 0.1) is 29.1 Å². The average Bonchev–Trinajstić information content (AvgIpc) is 3.05. The molecule has 0 bridgehead atoms. The number of rotatable bonds is 2. The summed E-state index contributed by atoms with van der Waals surface area (Å²) in [4.78, 5) is 52.6. The number of fused-ring (bicyclic) bond motifs is 3. The minimum absolute atomic E-state index is 0.0178. The van der Waals surface area contributed by atoms with Gasteiger partial charge in [0.1, 0.15) is 0 Å². The highest BCUT2D eigenvalue weighted by molar-refractivity contribution is 6.36. The largest absolute Gasteiger partial charge is 0.363 e. The summed E-state index contributed by atoms with van der Waals surface area (Å²) in [5.74, 6) is -1.84. The standard InChI is InChI=1S/C25H40N2O4/c1-16-12-10-8-6-4-5-7-9-11-13-17(22(29)23(26)30)14-19(28)21-20-18(25(20,2)3)15-27(21)24(16)31/h16-18,20-21H,4-15H2,1-3H3,(H2,26,30)/t16-,17+,18?,20?,21+/m0/s1. The van der Waals surface area contributed by atoms with Crippen LogP contribution >= 0.6 is 0 Å². The molecule has 0 aromatic heterocycles. The molecular weight excluding hydrogens is 392 g/mol. The lowest BCUT2D eigenvalue weighted by atomic mass is 9.86. The van der Waals surface area contributed by atoms with Crippen molar-refractivity contribution in [1.82, 2.24) is 4.90 Å². The van der Waals surface area contributed by atoms with E-state index in [0.29, 0.717) is 18.9 Å². The lowest BCUT2D eigenvalue weighted by Gasteiger charge is -2.32. The van der Waals surface area contributed by atoms with E-state index < -0.39 is 23.7 Å². The van der Waals surface area contributed by atoms with Crippen molar-refractivity contribution in [3.63, 3.8) is 0 Å². The summed E-state index contributed by atoms with van der Waals surface area (Å²) >= 11 is 0. The Morgan fingerprint density at radius 3 is 2.06 bits per heavy atom. The number of nitrogens with two attached hydrogens (primary N) is 1. The third-order valence-corrected chi connectivity index (χ3v) is 8.24. The molecule has 0 aromatic carbocycles. The lowest BCUT2D eigenvalue weighted by Crippen LogP contribution is -2.48. The summed E-state index contributed by atoms with van der Waals surface area (Å²) in [5.41, 5.74) is 5.33. The van der Waals surface area contributed by atoms with Crippen LogP contribution in [0.25, 0.3) is 0 Å². The van der Waals surface area contributed by atoms with Crippen molar-refractivity contribution >= 4 is 23.4 Å². The van der Waals surface area contributed by atoms with E-state index in [0.717, 1.165) is 44.9 Å². The molecule has 2 heterocycles. The predicted octanol–water partition coefficient (Wildman–Crippen LogP) is 3.65. The smallest absolute Gasteiger partial charge is 0.285 e. The van der Waals surface area contributed by atoms with Gasteiger partial charge in [0, 0.05) is 24.8 Å². The SMILES string of the molecule is C[C@H]1CCCCCCCCCC[C@@H](C(=O)C(N)=O)CC(=O)[C@@H]2C3C(CN2C1=O)C3(C)C. The van der Waals surface area contributed by atoms with Crippen molar-refractivity contribution in [2.24, 2.45) is 34.8 Å². The normalized spacial score (nSPS) is 35.1. The summed E-state index contributed by atoms with van der Waals surface area (Å²) in [7, 11) is 0. The molecule has 1 saturated carbocycles. The molecule has 0 aromatic rings. The molecule has 0 spiro atoms. The molecule has 2 N–H and O–H groups in total. The van der Waals surface area contributed by atoms with Crippen LogP contribution in [0.4, 0.5) is 0 Å². The monoisotopic (exact) mass is 432 g/mol. The van der Waals surface area contributed by atoms with Gasteiger partial charge in [-0.3, -0.25) is 19.2 Å². The van der Waals surface area contributed by atoms with E-state index in [1.54, 1.807) is 4.90 Å². The lowest BCUT2D eigenvalue weighted by molar-refractivity contribution is -0.144. The summed E-state index contributed by atoms with van der Waals surface area (Å²) in [6, 6.07) is -0.464. The van der Waals surface area contributed by atoms with Crippen molar-refractivity contribution < 1.29 is 19.2 Å². The minimum atomic E-state index is -0.957. The van der Waals surface area contributed by atoms with Gasteiger partial charge in [0.15, 0.2) is 5.78 Å². The minimum Gasteiger partial charge on any atom is -0.363 e. The number of primary amides is 1. The first kappa shape index (κ1) is 23.9. The molecule has 0 radical (unpaired) electrons. The van der Waals surface area contributed by atoms with E-state index in [1.165, 1.54) is 12.8 Å². The first-order valence-corrected chi connectivity index (χ1v) is 12.3. The Morgan fingerprint density at radius 1 is 0.935 bits per heavy atom. The van der Waals surface area contributed by atoms with Crippen molar-refractivity contribution in [2.45, 2.75) is 97.4 Å². The zero-order valence-electron chi connectivity index (χ0n) is 19.5. The van der Waals surface area contributed by atoms with Gasteiger partial charge in [0.25, 0.3) is 5.91 Å². The maximum absolute atomic E-state index is 13.5. The van der Waals surface area contributed by atoms with E-state index in [1.807, 2.05) is 6.92 Å². The van der Waals surface area contributed by atoms with Gasteiger partial charge in [0.05, 0.1) is 6.04 Å². The van der Waals surface area contributed by atoms with E-state index >= 15 is 0 Å². The summed E-state index contributed by atoms with van der Waals surface area (Å²) in [6.45, 7) is 6.93. The maximum Gasteiger partial charge on any atom is 0.285 e. The van der Waals surface area contributed by atoms with Crippen molar-refractivity contribution in [2.75, 3.05) is 6.54 Å². The van der Waals surface area contributed by atoms with Gasteiger partial charge in [-0.2, -0.15) is 0 Å². The average molecular weight is 433 g/mol. The maximum atomic E-state index is 13.5. The second-order valence-electron chi connectivity index (χ2n) is 10.8. The molecule has 2 amide bonds. The first-order valence-electron chi connectivity index (χ1n) is 12.3. The van der Waals surface area contributed by atoms with Crippen molar-refractivity contribution in [3.8, 4) is 0 Å². The Balaban J connectivity index is 1.80. The molecule has 5 atom stereocenters. The van der Waals surface area contributed by atoms with Gasteiger partial charge in [-0.25, -0.2) is 0 Å². The number of amides is 2. The Bertz CT molecular complexity index is 716. The number of hydrogen-bond donors (Lipinski definition) is 1. The number of hydrogen-bond acceptors (Lipinski definition) is 4. The second-order valence-corrected chi connectivity index (χ2v) is 10.8. The molecule has 174 valence electrons. The predicted molar refractivity (Wildman–Crippen MR) is 119 cm³/mol.